The lowest BCUT2D eigenvalue weighted by Crippen LogP contribution is -2.19. The Kier molecular flexibility index (Phi) is 7.26. The SMILES string of the molecule is CC(C)/C(=C(/c1ccccc1)c1ccc(OCCN(C)C)cc1)c1ccccc1. The third-order valence-electron chi connectivity index (χ3n) is 4.94. The van der Waals surface area contributed by atoms with E-state index in [1.54, 1.807) is 0 Å². The minimum atomic E-state index is 0.392. The van der Waals surface area contributed by atoms with Crippen LogP contribution in [0.25, 0.3) is 11.1 Å². The fourth-order valence-corrected chi connectivity index (χ4v) is 3.53. The van der Waals surface area contributed by atoms with E-state index in [4.69, 9.17) is 4.74 Å². The molecule has 29 heavy (non-hydrogen) atoms. The molecule has 0 fully saturated rings. The number of ether oxygens (including phenoxy) is 1. The molecule has 0 radical (unpaired) electrons. The molecule has 0 heterocycles. The van der Waals surface area contributed by atoms with Gasteiger partial charge in [0.05, 0.1) is 0 Å². The van der Waals surface area contributed by atoms with Gasteiger partial charge in [0, 0.05) is 6.54 Å². The molecule has 0 amide bonds. The number of hydrogen-bond acceptors (Lipinski definition) is 2. The number of hydrogen-bond donors (Lipinski definition) is 0. The Balaban J connectivity index is 2.05. The molecule has 0 spiro atoms. The molecule has 0 atom stereocenters. The summed E-state index contributed by atoms with van der Waals surface area (Å²) >= 11 is 0. The molecule has 0 bridgehead atoms. The summed E-state index contributed by atoms with van der Waals surface area (Å²) in [5.74, 6) is 1.30. The largest absolute Gasteiger partial charge is 0.492 e. The smallest absolute Gasteiger partial charge is 0.119 e. The van der Waals surface area contributed by atoms with Gasteiger partial charge in [0.15, 0.2) is 0 Å². The predicted octanol–water partition coefficient (Wildman–Crippen LogP) is 6.24. The van der Waals surface area contributed by atoms with E-state index in [0.29, 0.717) is 12.5 Å². The van der Waals surface area contributed by atoms with Gasteiger partial charge < -0.3 is 9.64 Å². The van der Waals surface area contributed by atoms with Crippen molar-refractivity contribution in [2.75, 3.05) is 27.2 Å². The highest BCUT2D eigenvalue weighted by molar-refractivity contribution is 5.99. The topological polar surface area (TPSA) is 12.5 Å². The zero-order valence-electron chi connectivity index (χ0n) is 17.9. The Labute approximate surface area is 175 Å². The molecule has 0 saturated heterocycles. The van der Waals surface area contributed by atoms with Crippen LogP contribution in [-0.4, -0.2) is 32.1 Å². The van der Waals surface area contributed by atoms with E-state index in [0.717, 1.165) is 12.3 Å². The number of nitrogens with zero attached hydrogens (tertiary/aromatic N) is 1. The Morgan fingerprint density at radius 3 is 1.76 bits per heavy atom. The van der Waals surface area contributed by atoms with Crippen LogP contribution in [0.1, 0.15) is 30.5 Å². The fraction of sp³-hybridized carbons (Fsp3) is 0.259. The van der Waals surface area contributed by atoms with Gasteiger partial charge in [-0.25, -0.2) is 0 Å². The number of benzene rings is 3. The molecule has 0 N–H and O–H groups in total. The summed E-state index contributed by atoms with van der Waals surface area (Å²) < 4.78 is 5.89. The second-order valence-corrected chi connectivity index (χ2v) is 7.85. The van der Waals surface area contributed by atoms with Crippen LogP contribution in [-0.2, 0) is 0 Å². The third kappa shape index (κ3) is 5.58. The van der Waals surface area contributed by atoms with Crippen LogP contribution >= 0.6 is 0 Å². The van der Waals surface area contributed by atoms with E-state index < -0.39 is 0 Å². The van der Waals surface area contributed by atoms with Crippen molar-refractivity contribution in [2.24, 2.45) is 5.92 Å². The lowest BCUT2D eigenvalue weighted by Gasteiger charge is -2.20. The summed E-state index contributed by atoms with van der Waals surface area (Å²) in [6.07, 6.45) is 0. The first-order valence-corrected chi connectivity index (χ1v) is 10.3. The Bertz CT molecular complexity index is 910. The summed E-state index contributed by atoms with van der Waals surface area (Å²) in [6, 6.07) is 29.9. The van der Waals surface area contributed by atoms with Crippen LogP contribution in [0.15, 0.2) is 84.9 Å². The van der Waals surface area contributed by atoms with Crippen molar-refractivity contribution in [1.82, 2.24) is 4.90 Å². The average Bonchev–Trinajstić information content (AvgIpc) is 2.73. The molecule has 2 nitrogen and oxygen atoms in total. The monoisotopic (exact) mass is 385 g/mol. The highest BCUT2D eigenvalue weighted by Gasteiger charge is 2.16. The molecule has 3 aromatic rings. The van der Waals surface area contributed by atoms with E-state index in [2.05, 4.69) is 118 Å². The van der Waals surface area contributed by atoms with E-state index in [1.165, 1.54) is 27.8 Å². The maximum absolute atomic E-state index is 5.89. The Morgan fingerprint density at radius 2 is 1.24 bits per heavy atom. The fourth-order valence-electron chi connectivity index (χ4n) is 3.53. The Morgan fingerprint density at radius 1 is 0.724 bits per heavy atom. The maximum Gasteiger partial charge on any atom is 0.119 e. The minimum absolute atomic E-state index is 0.392. The predicted molar refractivity (Wildman–Crippen MR) is 124 cm³/mol. The number of likely N-dealkylation sites (N-methyl/N-ethyl adjacent to an activating group) is 1. The number of rotatable bonds is 8. The van der Waals surface area contributed by atoms with Gasteiger partial charge in [0.2, 0.25) is 0 Å². The molecule has 0 aliphatic rings. The van der Waals surface area contributed by atoms with Gasteiger partial charge in [-0.2, -0.15) is 0 Å². The van der Waals surface area contributed by atoms with E-state index in [1.807, 2.05) is 0 Å². The molecule has 0 unspecified atom stereocenters. The van der Waals surface area contributed by atoms with Crippen LogP contribution in [0.4, 0.5) is 0 Å². The van der Waals surface area contributed by atoms with Crippen molar-refractivity contribution >= 4 is 11.1 Å². The zero-order chi connectivity index (χ0) is 20.6. The van der Waals surface area contributed by atoms with Gasteiger partial charge in [0.1, 0.15) is 12.4 Å². The third-order valence-corrected chi connectivity index (χ3v) is 4.94. The molecule has 0 aliphatic carbocycles. The molecule has 150 valence electrons. The molecule has 0 aliphatic heterocycles. The highest BCUT2D eigenvalue weighted by atomic mass is 16.5. The van der Waals surface area contributed by atoms with Crippen molar-refractivity contribution in [3.8, 4) is 5.75 Å². The van der Waals surface area contributed by atoms with Crippen LogP contribution in [0, 0.1) is 5.92 Å². The lowest BCUT2D eigenvalue weighted by molar-refractivity contribution is 0.261. The molecule has 0 saturated carbocycles. The first kappa shape index (κ1) is 20.9. The molecular formula is C27H31NO. The van der Waals surface area contributed by atoms with Crippen molar-refractivity contribution in [2.45, 2.75) is 13.8 Å². The van der Waals surface area contributed by atoms with Gasteiger partial charge in [-0.3, -0.25) is 0 Å². The van der Waals surface area contributed by atoms with Crippen LogP contribution in [0.3, 0.4) is 0 Å². The van der Waals surface area contributed by atoms with Crippen molar-refractivity contribution < 1.29 is 4.74 Å². The summed E-state index contributed by atoms with van der Waals surface area (Å²) in [5.41, 5.74) is 6.36. The summed E-state index contributed by atoms with van der Waals surface area (Å²) in [5, 5.41) is 0. The van der Waals surface area contributed by atoms with Gasteiger partial charge in [0.25, 0.3) is 0 Å². The van der Waals surface area contributed by atoms with Crippen LogP contribution in [0.5, 0.6) is 5.75 Å². The molecule has 0 aromatic heterocycles. The van der Waals surface area contributed by atoms with Crippen molar-refractivity contribution in [3.05, 3.63) is 102 Å². The van der Waals surface area contributed by atoms with Crippen molar-refractivity contribution in [1.29, 1.82) is 0 Å². The highest BCUT2D eigenvalue weighted by Crippen LogP contribution is 2.37. The van der Waals surface area contributed by atoms with Crippen LogP contribution < -0.4 is 4.74 Å². The first-order valence-electron chi connectivity index (χ1n) is 10.3. The maximum atomic E-state index is 5.89. The summed E-state index contributed by atoms with van der Waals surface area (Å²) in [4.78, 5) is 2.12. The number of allylic oxidation sites excluding steroid dienone is 1. The van der Waals surface area contributed by atoms with E-state index in [9.17, 15) is 0 Å². The summed E-state index contributed by atoms with van der Waals surface area (Å²) in [7, 11) is 4.11. The normalized spacial score (nSPS) is 12.2. The van der Waals surface area contributed by atoms with Gasteiger partial charge in [-0.1, -0.05) is 86.6 Å². The lowest BCUT2D eigenvalue weighted by atomic mass is 9.84. The standard InChI is InChI=1S/C27H31NO/c1-21(2)26(22-11-7-5-8-12-22)27(23-13-9-6-10-14-23)24-15-17-25(18-16-24)29-20-19-28(3)4/h5-18,21H,19-20H2,1-4H3/b27-26+. The first-order chi connectivity index (χ1) is 14.1. The zero-order valence-corrected chi connectivity index (χ0v) is 17.9. The molecule has 3 aromatic carbocycles. The van der Waals surface area contributed by atoms with Gasteiger partial charge >= 0.3 is 0 Å². The second-order valence-electron chi connectivity index (χ2n) is 7.85. The minimum Gasteiger partial charge on any atom is -0.492 e. The van der Waals surface area contributed by atoms with E-state index >= 15 is 0 Å². The summed E-state index contributed by atoms with van der Waals surface area (Å²) in [6.45, 7) is 6.13. The second kappa shape index (κ2) is 10.1. The van der Waals surface area contributed by atoms with Crippen LogP contribution in [0.2, 0.25) is 0 Å². The van der Waals surface area contributed by atoms with E-state index in [-0.39, 0.29) is 0 Å². The Hall–Kier alpha value is -2.84. The van der Waals surface area contributed by atoms with Gasteiger partial charge in [-0.05, 0) is 60.0 Å². The van der Waals surface area contributed by atoms with Crippen molar-refractivity contribution in [3.63, 3.8) is 0 Å². The molecular weight excluding hydrogens is 354 g/mol. The quantitative estimate of drug-likeness (QED) is 0.425. The molecule has 2 heteroatoms. The average molecular weight is 386 g/mol. The molecule has 3 rings (SSSR count). The van der Waals surface area contributed by atoms with Gasteiger partial charge in [-0.15, -0.1) is 0 Å².